The number of aliphatic carboxylic acids is 1. The molecular formula is C12H14O2. The van der Waals surface area contributed by atoms with Crippen molar-refractivity contribution in [2.45, 2.75) is 31.6 Å². The molecule has 0 aliphatic heterocycles. The predicted molar refractivity (Wildman–Crippen MR) is 54.3 cm³/mol. The van der Waals surface area contributed by atoms with Gasteiger partial charge in [0.25, 0.3) is 0 Å². The number of carboxylic acid groups (broad SMARTS) is 1. The summed E-state index contributed by atoms with van der Waals surface area (Å²) in [5.74, 6) is -0.674. The number of carbonyl (C=O) groups is 1. The molecule has 0 bridgehead atoms. The fourth-order valence-electron chi connectivity index (χ4n) is 2.03. The van der Waals surface area contributed by atoms with Crippen molar-refractivity contribution in [2.75, 3.05) is 0 Å². The highest BCUT2D eigenvalue weighted by Gasteiger charge is 2.45. The second-order valence-electron chi connectivity index (χ2n) is 4.11. The van der Waals surface area contributed by atoms with Gasteiger partial charge in [-0.15, -0.1) is 0 Å². The molecule has 1 N–H and O–H groups in total. The lowest BCUT2D eigenvalue weighted by molar-refractivity contribution is -0.147. The van der Waals surface area contributed by atoms with Gasteiger partial charge in [-0.1, -0.05) is 36.2 Å². The molecule has 1 saturated carbocycles. The Morgan fingerprint density at radius 2 is 1.86 bits per heavy atom. The summed E-state index contributed by atoms with van der Waals surface area (Å²) in [6.07, 6.45) is 2.59. The zero-order valence-electron chi connectivity index (χ0n) is 8.29. The molecule has 1 aromatic carbocycles. The second kappa shape index (κ2) is 3.12. The largest absolute Gasteiger partial charge is 0.481 e. The van der Waals surface area contributed by atoms with Crippen molar-refractivity contribution in [3.05, 3.63) is 35.4 Å². The van der Waals surface area contributed by atoms with Gasteiger partial charge in [-0.05, 0) is 25.3 Å². The lowest BCUT2D eigenvalue weighted by Crippen LogP contribution is -2.42. The van der Waals surface area contributed by atoms with Gasteiger partial charge in [0.1, 0.15) is 0 Å². The minimum atomic E-state index is -0.674. The number of rotatable bonds is 2. The molecule has 2 heteroatoms. The quantitative estimate of drug-likeness (QED) is 0.778. The summed E-state index contributed by atoms with van der Waals surface area (Å²) in [4.78, 5) is 11.2. The van der Waals surface area contributed by atoms with Crippen LogP contribution in [0.5, 0.6) is 0 Å². The topological polar surface area (TPSA) is 37.3 Å². The number of aryl methyl sites for hydroxylation is 1. The highest BCUT2D eigenvalue weighted by Crippen LogP contribution is 2.43. The third kappa shape index (κ3) is 1.22. The molecule has 0 spiro atoms. The van der Waals surface area contributed by atoms with Gasteiger partial charge in [-0.2, -0.15) is 0 Å². The summed E-state index contributed by atoms with van der Waals surface area (Å²) in [5.41, 5.74) is 1.56. The molecule has 2 rings (SSSR count). The maximum absolute atomic E-state index is 11.2. The van der Waals surface area contributed by atoms with Gasteiger partial charge in [0.15, 0.2) is 0 Å². The minimum absolute atomic E-state index is 0.576. The Morgan fingerprint density at radius 3 is 2.21 bits per heavy atom. The fraction of sp³-hybridized carbons (Fsp3) is 0.417. The van der Waals surface area contributed by atoms with E-state index in [1.807, 2.05) is 31.2 Å². The predicted octanol–water partition coefficient (Wildman–Crippen LogP) is 2.50. The van der Waals surface area contributed by atoms with E-state index in [4.69, 9.17) is 0 Å². The molecule has 0 radical (unpaired) electrons. The number of carboxylic acids is 1. The van der Waals surface area contributed by atoms with Crippen molar-refractivity contribution in [3.8, 4) is 0 Å². The van der Waals surface area contributed by atoms with Crippen LogP contribution >= 0.6 is 0 Å². The molecule has 1 aliphatic rings. The molecule has 0 atom stereocenters. The molecule has 14 heavy (non-hydrogen) atoms. The summed E-state index contributed by atoms with van der Waals surface area (Å²) in [5, 5.41) is 9.21. The average Bonchev–Trinajstić information content (AvgIpc) is 2.05. The smallest absolute Gasteiger partial charge is 0.314 e. The molecule has 1 aromatic rings. The van der Waals surface area contributed by atoms with Crippen LogP contribution in [-0.4, -0.2) is 11.1 Å². The molecule has 0 amide bonds. The van der Waals surface area contributed by atoms with E-state index < -0.39 is 11.4 Å². The zero-order chi connectivity index (χ0) is 10.2. The van der Waals surface area contributed by atoms with Gasteiger partial charge >= 0.3 is 5.97 Å². The first kappa shape index (κ1) is 9.25. The van der Waals surface area contributed by atoms with Crippen molar-refractivity contribution in [2.24, 2.45) is 0 Å². The molecule has 0 aromatic heterocycles. The lowest BCUT2D eigenvalue weighted by atomic mass is 9.64. The average molecular weight is 190 g/mol. The monoisotopic (exact) mass is 190 g/mol. The van der Waals surface area contributed by atoms with Crippen molar-refractivity contribution in [1.29, 1.82) is 0 Å². The Labute approximate surface area is 83.6 Å². The molecule has 0 unspecified atom stereocenters. The molecule has 1 aliphatic carbocycles. The van der Waals surface area contributed by atoms with E-state index in [1.54, 1.807) is 0 Å². The van der Waals surface area contributed by atoms with E-state index in [0.717, 1.165) is 24.8 Å². The Kier molecular flexibility index (Phi) is 2.06. The maximum atomic E-state index is 11.2. The highest BCUT2D eigenvalue weighted by molar-refractivity contribution is 5.82. The van der Waals surface area contributed by atoms with E-state index >= 15 is 0 Å². The van der Waals surface area contributed by atoms with Gasteiger partial charge in [0.2, 0.25) is 0 Å². The van der Waals surface area contributed by atoms with Crippen LogP contribution in [0, 0.1) is 6.92 Å². The molecule has 2 nitrogen and oxygen atoms in total. The Bertz CT molecular complexity index is 347. The van der Waals surface area contributed by atoms with Crippen LogP contribution in [0.3, 0.4) is 0 Å². The number of hydrogen-bond donors (Lipinski definition) is 1. The number of hydrogen-bond acceptors (Lipinski definition) is 1. The summed E-state index contributed by atoms with van der Waals surface area (Å²) in [6.45, 7) is 2.01. The Hall–Kier alpha value is -1.31. The first-order valence-corrected chi connectivity index (χ1v) is 4.96. The van der Waals surface area contributed by atoms with Gasteiger partial charge in [-0.3, -0.25) is 4.79 Å². The maximum Gasteiger partial charge on any atom is 0.314 e. The van der Waals surface area contributed by atoms with Crippen LogP contribution in [0.15, 0.2) is 24.3 Å². The van der Waals surface area contributed by atoms with E-state index in [-0.39, 0.29) is 0 Å². The first-order valence-electron chi connectivity index (χ1n) is 4.96. The van der Waals surface area contributed by atoms with E-state index in [1.165, 1.54) is 5.56 Å². The summed E-state index contributed by atoms with van der Waals surface area (Å²) in [6, 6.07) is 7.86. The minimum Gasteiger partial charge on any atom is -0.481 e. The number of benzene rings is 1. The highest BCUT2D eigenvalue weighted by atomic mass is 16.4. The van der Waals surface area contributed by atoms with Crippen LogP contribution < -0.4 is 0 Å². The van der Waals surface area contributed by atoms with Crippen molar-refractivity contribution in [3.63, 3.8) is 0 Å². The third-order valence-corrected chi connectivity index (χ3v) is 3.22. The first-order chi connectivity index (χ1) is 6.65. The Morgan fingerprint density at radius 1 is 1.29 bits per heavy atom. The summed E-state index contributed by atoms with van der Waals surface area (Å²) in [7, 11) is 0. The van der Waals surface area contributed by atoms with Crippen LogP contribution in [0.2, 0.25) is 0 Å². The molecule has 0 heterocycles. The lowest BCUT2D eigenvalue weighted by Gasteiger charge is -2.38. The van der Waals surface area contributed by atoms with Crippen molar-refractivity contribution < 1.29 is 9.90 Å². The van der Waals surface area contributed by atoms with Gasteiger partial charge < -0.3 is 5.11 Å². The van der Waals surface area contributed by atoms with Crippen molar-refractivity contribution >= 4 is 5.97 Å². The third-order valence-electron chi connectivity index (χ3n) is 3.22. The zero-order valence-corrected chi connectivity index (χ0v) is 8.29. The second-order valence-corrected chi connectivity index (χ2v) is 4.11. The van der Waals surface area contributed by atoms with Crippen molar-refractivity contribution in [1.82, 2.24) is 0 Å². The van der Waals surface area contributed by atoms with Crippen LogP contribution in [0.4, 0.5) is 0 Å². The summed E-state index contributed by atoms with van der Waals surface area (Å²) < 4.78 is 0. The van der Waals surface area contributed by atoms with Gasteiger partial charge in [0.05, 0.1) is 5.41 Å². The van der Waals surface area contributed by atoms with E-state index in [9.17, 15) is 9.90 Å². The normalized spacial score (nSPS) is 18.6. The SMILES string of the molecule is Cc1ccc(C2(C(=O)O)CCC2)cc1. The van der Waals surface area contributed by atoms with Crippen LogP contribution in [0.25, 0.3) is 0 Å². The summed E-state index contributed by atoms with van der Waals surface area (Å²) >= 11 is 0. The Balaban J connectivity index is 2.37. The molecule has 74 valence electrons. The van der Waals surface area contributed by atoms with Crippen LogP contribution in [-0.2, 0) is 10.2 Å². The van der Waals surface area contributed by atoms with E-state index in [0.29, 0.717) is 0 Å². The van der Waals surface area contributed by atoms with Crippen LogP contribution in [0.1, 0.15) is 30.4 Å². The van der Waals surface area contributed by atoms with Gasteiger partial charge in [0, 0.05) is 0 Å². The molecule has 1 fully saturated rings. The standard InChI is InChI=1S/C12H14O2/c1-9-3-5-10(6-4-9)12(11(13)14)7-2-8-12/h3-6H,2,7-8H2,1H3,(H,13,14). The van der Waals surface area contributed by atoms with E-state index in [2.05, 4.69) is 0 Å². The van der Waals surface area contributed by atoms with Gasteiger partial charge in [-0.25, -0.2) is 0 Å². The molecular weight excluding hydrogens is 176 g/mol. The molecule has 0 saturated heterocycles. The fourth-order valence-corrected chi connectivity index (χ4v) is 2.03.